The first-order valence-corrected chi connectivity index (χ1v) is 17.0. The normalized spacial score (nSPS) is 14.8. The van der Waals surface area contributed by atoms with Gasteiger partial charge in [-0.25, -0.2) is 4.98 Å². The second kappa shape index (κ2) is 15.8. The molecule has 0 unspecified atom stereocenters. The van der Waals surface area contributed by atoms with E-state index in [0.717, 1.165) is 78.1 Å². The number of thioether (sulfide) groups is 1. The maximum atomic E-state index is 13.2. The molecule has 0 amide bonds. The lowest BCUT2D eigenvalue weighted by molar-refractivity contribution is -0.139. The molecule has 3 heterocycles. The molecule has 0 saturated carbocycles. The lowest BCUT2D eigenvalue weighted by Gasteiger charge is -2.36. The first-order valence-electron chi connectivity index (χ1n) is 15.4. The van der Waals surface area contributed by atoms with Gasteiger partial charge in [0.15, 0.2) is 0 Å². The zero-order valence-electron chi connectivity index (χ0n) is 27.2. The fourth-order valence-electron chi connectivity index (χ4n) is 5.62. The number of ether oxygens (including phenoxy) is 2. The van der Waals surface area contributed by atoms with E-state index in [1.165, 1.54) is 46.5 Å². The van der Waals surface area contributed by atoms with E-state index in [9.17, 15) is 23.1 Å². The van der Waals surface area contributed by atoms with Gasteiger partial charge in [-0.05, 0) is 80.4 Å². The quantitative estimate of drug-likeness (QED) is 0.161. The van der Waals surface area contributed by atoms with Crippen LogP contribution >= 0.6 is 47.9 Å². The second-order valence-corrected chi connectivity index (χ2v) is 15.0. The Morgan fingerprint density at radius 1 is 1.02 bits per heavy atom. The molecule has 0 spiro atoms. The smallest absolute Gasteiger partial charge is 0.416 e. The Bertz CT molecular complexity index is 1760. The number of anilines is 1. The number of aryl methyl sites for hydroxylation is 1. The number of nitrogens with zero attached hydrogens (tertiary/aromatic N) is 3. The molecule has 0 radical (unpaired) electrons. The molecule has 1 aromatic heterocycles. The molecule has 264 valence electrons. The van der Waals surface area contributed by atoms with Crippen molar-refractivity contribution in [1.82, 2.24) is 9.88 Å². The van der Waals surface area contributed by atoms with E-state index >= 15 is 0 Å². The minimum atomic E-state index is -4.41. The number of thiazole rings is 1. The average Bonchev–Trinajstić information content (AvgIpc) is 3.67. The Hall–Kier alpha value is -3.16. The fourth-order valence-corrected chi connectivity index (χ4v) is 7.66. The molecule has 49 heavy (non-hydrogen) atoms. The van der Waals surface area contributed by atoms with Gasteiger partial charge in [-0.3, -0.25) is 9.69 Å². The van der Waals surface area contributed by atoms with Crippen LogP contribution < -0.4 is 14.4 Å². The van der Waals surface area contributed by atoms with Crippen LogP contribution in [0.3, 0.4) is 0 Å². The third-order valence-electron chi connectivity index (χ3n) is 8.41. The summed E-state index contributed by atoms with van der Waals surface area (Å²) in [7, 11) is 0. The number of halogens is 5. The molecular formula is C35H38Cl2F3N3O4S2. The molecule has 0 atom stereocenters. The summed E-state index contributed by atoms with van der Waals surface area (Å²) in [6.45, 7) is 10.2. The summed E-state index contributed by atoms with van der Waals surface area (Å²) in [5.41, 5.74) is 4.10. The predicted octanol–water partition coefficient (Wildman–Crippen LogP) is 8.77. The minimum absolute atomic E-state index is 0. The highest BCUT2D eigenvalue weighted by atomic mass is 35.5. The maximum Gasteiger partial charge on any atom is 0.416 e. The summed E-state index contributed by atoms with van der Waals surface area (Å²) in [5, 5.41) is 10.1. The van der Waals surface area contributed by atoms with Crippen LogP contribution in [0.4, 0.5) is 18.9 Å². The van der Waals surface area contributed by atoms with Crippen LogP contribution in [0.1, 0.15) is 41.1 Å². The first kappa shape index (κ1) is 38.6. The molecule has 6 rings (SSSR count). The molecule has 2 aliphatic rings. The van der Waals surface area contributed by atoms with Crippen LogP contribution in [0.15, 0.2) is 65.6 Å². The van der Waals surface area contributed by atoms with Crippen molar-refractivity contribution in [3.63, 3.8) is 0 Å². The molecule has 0 aliphatic carbocycles. The number of benzene rings is 3. The predicted molar refractivity (Wildman–Crippen MR) is 193 cm³/mol. The Balaban J connectivity index is 0.00000270. The number of rotatable bonds is 10. The van der Waals surface area contributed by atoms with Crippen molar-refractivity contribution in [2.75, 3.05) is 37.7 Å². The van der Waals surface area contributed by atoms with Gasteiger partial charge in [0.25, 0.3) is 0 Å². The van der Waals surface area contributed by atoms with E-state index in [-0.39, 0.29) is 31.4 Å². The number of piperazine rings is 1. The van der Waals surface area contributed by atoms with Crippen LogP contribution in [-0.4, -0.2) is 58.5 Å². The molecule has 1 saturated heterocycles. The summed E-state index contributed by atoms with van der Waals surface area (Å²) >= 11 is 2.70. The number of alkyl halides is 3. The number of hydrogen-bond acceptors (Lipinski definition) is 8. The van der Waals surface area contributed by atoms with Gasteiger partial charge < -0.3 is 19.5 Å². The number of carboxylic acids is 1. The Morgan fingerprint density at radius 3 is 2.39 bits per heavy atom. The molecule has 2 aliphatic heterocycles. The molecule has 3 aromatic carbocycles. The first-order chi connectivity index (χ1) is 22.4. The van der Waals surface area contributed by atoms with Crippen molar-refractivity contribution in [2.24, 2.45) is 0 Å². The summed E-state index contributed by atoms with van der Waals surface area (Å²) in [6, 6.07) is 17.1. The molecule has 7 nitrogen and oxygen atoms in total. The largest absolute Gasteiger partial charge is 0.493 e. The van der Waals surface area contributed by atoms with Gasteiger partial charge in [0.05, 0.1) is 22.7 Å². The van der Waals surface area contributed by atoms with Crippen LogP contribution in [0.2, 0.25) is 0 Å². The lowest BCUT2D eigenvalue weighted by Crippen LogP contribution is -2.46. The van der Waals surface area contributed by atoms with Gasteiger partial charge in [0, 0.05) is 55.3 Å². The highest BCUT2D eigenvalue weighted by molar-refractivity contribution is 8.01. The van der Waals surface area contributed by atoms with Crippen molar-refractivity contribution in [1.29, 1.82) is 0 Å². The zero-order valence-corrected chi connectivity index (χ0v) is 30.5. The number of hydrogen-bond donors (Lipinski definition) is 1. The van der Waals surface area contributed by atoms with E-state index in [0.29, 0.717) is 22.9 Å². The van der Waals surface area contributed by atoms with E-state index in [1.54, 1.807) is 13.8 Å². The van der Waals surface area contributed by atoms with E-state index < -0.39 is 22.5 Å². The molecule has 1 N–H and O–H groups in total. The van der Waals surface area contributed by atoms with Gasteiger partial charge >= 0.3 is 12.1 Å². The summed E-state index contributed by atoms with van der Waals surface area (Å²) in [4.78, 5) is 23.0. The van der Waals surface area contributed by atoms with Gasteiger partial charge in [-0.1, -0.05) is 12.1 Å². The lowest BCUT2D eigenvalue weighted by atomic mass is 10.1. The molecule has 0 bridgehead atoms. The van der Waals surface area contributed by atoms with Crippen molar-refractivity contribution in [3.05, 3.63) is 87.9 Å². The van der Waals surface area contributed by atoms with Crippen LogP contribution in [0.25, 0.3) is 10.6 Å². The third-order valence-corrected chi connectivity index (χ3v) is 10.7. The summed E-state index contributed by atoms with van der Waals surface area (Å²) in [6.07, 6.45) is -3.47. The van der Waals surface area contributed by atoms with Gasteiger partial charge in [-0.2, -0.15) is 13.2 Å². The van der Waals surface area contributed by atoms with Crippen LogP contribution in [0, 0.1) is 6.92 Å². The van der Waals surface area contributed by atoms with E-state index in [2.05, 4.69) is 28.0 Å². The minimum Gasteiger partial charge on any atom is -0.493 e. The summed E-state index contributed by atoms with van der Waals surface area (Å²) in [5.74, 6) is 0.759. The molecule has 4 aromatic rings. The number of carboxylic acid groups (broad SMARTS) is 1. The Labute approximate surface area is 304 Å². The Kier molecular flexibility index (Phi) is 12.5. The van der Waals surface area contributed by atoms with Gasteiger partial charge in [0.1, 0.15) is 27.9 Å². The Morgan fingerprint density at radius 2 is 1.73 bits per heavy atom. The number of carbonyl (C=O) groups is 1. The SMILES string of the molecule is Cc1cc(SC(C)(C)C(=O)O)ccc1OCc1sc(-c2ccc(C(F)(F)F)cc2)nc1CN1CCN(c2ccc3c(c2)CCO3)CC1.Cl.Cl. The van der Waals surface area contributed by atoms with Gasteiger partial charge in [-0.15, -0.1) is 47.9 Å². The highest BCUT2D eigenvalue weighted by Crippen LogP contribution is 2.37. The fraction of sp³-hybridized carbons (Fsp3) is 0.371. The number of aliphatic carboxylic acids is 1. The molecule has 14 heteroatoms. The van der Waals surface area contributed by atoms with Crippen molar-refractivity contribution in [3.8, 4) is 22.1 Å². The van der Waals surface area contributed by atoms with Gasteiger partial charge in [0.2, 0.25) is 0 Å². The van der Waals surface area contributed by atoms with E-state index in [4.69, 9.17) is 14.5 Å². The summed E-state index contributed by atoms with van der Waals surface area (Å²) < 4.78 is 50.6. The second-order valence-electron chi connectivity index (χ2n) is 12.3. The average molecular weight is 757 g/mol. The third kappa shape index (κ3) is 9.15. The maximum absolute atomic E-state index is 13.2. The highest BCUT2D eigenvalue weighted by Gasteiger charge is 2.31. The van der Waals surface area contributed by atoms with Crippen molar-refractivity contribution in [2.45, 2.75) is 56.2 Å². The zero-order chi connectivity index (χ0) is 33.3. The molecule has 1 fully saturated rings. The van der Waals surface area contributed by atoms with Crippen LogP contribution in [-0.2, 0) is 30.5 Å². The van der Waals surface area contributed by atoms with Crippen molar-refractivity contribution >= 4 is 59.6 Å². The molecular weight excluding hydrogens is 718 g/mol. The van der Waals surface area contributed by atoms with Crippen LogP contribution in [0.5, 0.6) is 11.5 Å². The standard InChI is InChI=1S/C35H36F3N3O4S2.2ClH/c1-22-18-27(47-34(2,3)33(42)43)9-11-29(22)45-21-31-28(39-32(46-31)23-4-6-25(7-5-23)35(36,37)38)20-40-13-15-41(16-14-40)26-8-10-30-24(19-26)12-17-44-30;;/h4-11,18-19H,12-17,20-21H2,1-3H3,(H,42,43);2*1H. The van der Waals surface area contributed by atoms with E-state index in [1.807, 2.05) is 25.1 Å². The number of aromatic nitrogens is 1. The monoisotopic (exact) mass is 755 g/mol. The topological polar surface area (TPSA) is 75.1 Å². The van der Waals surface area contributed by atoms with Crippen molar-refractivity contribution < 1.29 is 32.5 Å². The number of fused-ring (bicyclic) bond motifs is 1.